The summed E-state index contributed by atoms with van der Waals surface area (Å²) in [6, 6.07) is 36.3. The van der Waals surface area contributed by atoms with Crippen LogP contribution in [0, 0.1) is 0 Å². The third-order valence-corrected chi connectivity index (χ3v) is 7.34. The van der Waals surface area contributed by atoms with Crippen LogP contribution in [0.25, 0.3) is 0 Å². The van der Waals surface area contributed by atoms with Crippen LogP contribution in [-0.4, -0.2) is 35.4 Å². The summed E-state index contributed by atoms with van der Waals surface area (Å²) in [5.74, 6) is 0. The molecule has 0 unspecified atom stereocenters. The van der Waals surface area contributed by atoms with E-state index in [0.29, 0.717) is 18.7 Å². The highest BCUT2D eigenvalue weighted by molar-refractivity contribution is 5.84. The average molecular weight is 579 g/mol. The fourth-order valence-corrected chi connectivity index (χ4v) is 5.20. The first kappa shape index (κ1) is 30.2. The van der Waals surface area contributed by atoms with Crippen molar-refractivity contribution < 1.29 is 24.1 Å². The van der Waals surface area contributed by atoms with Gasteiger partial charge in [-0.1, -0.05) is 110 Å². The fraction of sp³-hybridized carbons (Fsp3) is 0.250. The molecule has 4 aromatic rings. The van der Waals surface area contributed by atoms with Crippen molar-refractivity contribution in [1.82, 2.24) is 4.90 Å². The van der Waals surface area contributed by atoms with E-state index in [1.807, 2.05) is 60.7 Å². The Bertz CT molecular complexity index is 1390. The molecule has 1 aliphatic heterocycles. The van der Waals surface area contributed by atoms with E-state index in [1.165, 1.54) is 17.2 Å². The molecule has 222 valence electrons. The number of carbonyl (C=O) groups is 1. The Morgan fingerprint density at radius 1 is 0.837 bits per heavy atom. The Hall–Kier alpha value is -4.27. The highest BCUT2D eigenvalue weighted by Crippen LogP contribution is 2.38. The number of rotatable bonds is 12. The number of nitrogens with zero attached hydrogens (tertiary/aromatic N) is 1. The van der Waals surface area contributed by atoms with E-state index >= 15 is 0 Å². The zero-order valence-electron chi connectivity index (χ0n) is 24.2. The zero-order valence-corrected chi connectivity index (χ0v) is 24.2. The van der Waals surface area contributed by atoms with Gasteiger partial charge < -0.3 is 19.3 Å². The second kappa shape index (κ2) is 15.3. The van der Waals surface area contributed by atoms with Crippen LogP contribution in [-0.2, 0) is 33.9 Å². The molecule has 3 atom stereocenters. The minimum atomic E-state index is -0.599. The largest absolute Gasteiger partial charge is 0.445 e. The van der Waals surface area contributed by atoms with E-state index in [4.69, 9.17) is 14.2 Å². The molecule has 43 heavy (non-hydrogen) atoms. The van der Waals surface area contributed by atoms with Crippen molar-refractivity contribution in [3.8, 4) is 0 Å². The van der Waals surface area contributed by atoms with Crippen molar-refractivity contribution in [3.63, 3.8) is 0 Å². The van der Waals surface area contributed by atoms with Crippen LogP contribution < -0.4 is 5.32 Å². The first-order chi connectivity index (χ1) is 21.1. The van der Waals surface area contributed by atoms with Gasteiger partial charge in [-0.2, -0.15) is 0 Å². The van der Waals surface area contributed by atoms with Gasteiger partial charge in [0.2, 0.25) is 0 Å². The number of aliphatic hydroxyl groups excluding tert-OH is 1. The van der Waals surface area contributed by atoms with E-state index in [0.717, 1.165) is 29.8 Å². The van der Waals surface area contributed by atoms with E-state index in [-0.39, 0.29) is 25.4 Å². The molecule has 1 aliphatic rings. The maximum atomic E-state index is 12.0. The van der Waals surface area contributed by atoms with Gasteiger partial charge >= 0.3 is 6.09 Å². The lowest BCUT2D eigenvalue weighted by atomic mass is 9.99. The topological polar surface area (TPSA) is 80.3 Å². The number of nitrogens with one attached hydrogen (secondary N) is 1. The van der Waals surface area contributed by atoms with E-state index in [9.17, 15) is 9.90 Å². The smallest absolute Gasteiger partial charge is 0.411 e. The van der Waals surface area contributed by atoms with Gasteiger partial charge in [0.1, 0.15) is 6.61 Å². The number of hydrogen-bond acceptors (Lipinski definition) is 6. The number of aliphatic hydroxyl groups is 1. The lowest BCUT2D eigenvalue weighted by Gasteiger charge is -2.38. The number of ether oxygens (including phenoxy) is 3. The summed E-state index contributed by atoms with van der Waals surface area (Å²) in [6.07, 6.45) is 0.758. The van der Waals surface area contributed by atoms with Crippen molar-refractivity contribution in [2.75, 3.05) is 18.5 Å². The van der Waals surface area contributed by atoms with Crippen molar-refractivity contribution in [2.24, 2.45) is 0 Å². The Balaban J connectivity index is 1.36. The monoisotopic (exact) mass is 578 g/mol. The molecular formula is C36H38N2O5. The molecule has 1 saturated heterocycles. The van der Waals surface area contributed by atoms with E-state index in [1.54, 1.807) is 0 Å². The Morgan fingerprint density at radius 3 is 2.02 bits per heavy atom. The number of hydrogen-bond donors (Lipinski definition) is 2. The Morgan fingerprint density at radius 2 is 1.44 bits per heavy atom. The predicted molar refractivity (Wildman–Crippen MR) is 167 cm³/mol. The minimum Gasteiger partial charge on any atom is -0.445 e. The molecule has 7 nitrogen and oxygen atoms in total. The third-order valence-electron chi connectivity index (χ3n) is 7.34. The Labute approximate surface area is 253 Å². The molecule has 5 rings (SSSR count). The molecular weight excluding hydrogens is 540 g/mol. The predicted octanol–water partition coefficient (Wildman–Crippen LogP) is 7.16. The lowest BCUT2D eigenvalue weighted by molar-refractivity contribution is -0.253. The van der Waals surface area contributed by atoms with Crippen LogP contribution in [0.3, 0.4) is 0 Å². The molecule has 0 aromatic heterocycles. The maximum absolute atomic E-state index is 12.0. The molecule has 1 amide bonds. The zero-order chi connectivity index (χ0) is 29.9. The lowest BCUT2D eigenvalue weighted by Crippen LogP contribution is -2.39. The molecule has 0 bridgehead atoms. The summed E-state index contributed by atoms with van der Waals surface area (Å²) in [7, 11) is 0. The van der Waals surface area contributed by atoms with Gasteiger partial charge in [-0.15, -0.1) is 0 Å². The van der Waals surface area contributed by atoms with E-state index in [2.05, 4.69) is 65.3 Å². The summed E-state index contributed by atoms with van der Waals surface area (Å²) in [4.78, 5) is 14.4. The molecule has 1 fully saturated rings. The van der Waals surface area contributed by atoms with Gasteiger partial charge in [-0.25, -0.2) is 4.79 Å². The fourth-order valence-electron chi connectivity index (χ4n) is 5.20. The first-order valence-corrected chi connectivity index (χ1v) is 14.5. The third kappa shape index (κ3) is 8.86. The molecule has 0 radical (unpaired) electrons. The van der Waals surface area contributed by atoms with Crippen LogP contribution in [0.15, 0.2) is 122 Å². The van der Waals surface area contributed by atoms with Gasteiger partial charge in [-0.05, 0) is 34.4 Å². The first-order valence-electron chi connectivity index (χ1n) is 14.5. The van der Waals surface area contributed by atoms with Crippen LogP contribution in [0.1, 0.15) is 46.6 Å². The Kier molecular flexibility index (Phi) is 10.7. The van der Waals surface area contributed by atoms with Crippen LogP contribution in [0.2, 0.25) is 0 Å². The molecule has 1 heterocycles. The molecule has 4 aromatic carbocycles. The molecule has 0 spiro atoms. The maximum Gasteiger partial charge on any atom is 0.411 e. The van der Waals surface area contributed by atoms with Crippen molar-refractivity contribution >= 4 is 11.8 Å². The normalized spacial score (nSPS) is 18.2. The van der Waals surface area contributed by atoms with Gasteiger partial charge in [0, 0.05) is 37.3 Å². The summed E-state index contributed by atoms with van der Waals surface area (Å²) >= 11 is 0. The summed E-state index contributed by atoms with van der Waals surface area (Å²) < 4.78 is 18.2. The minimum absolute atomic E-state index is 0.00435. The number of benzene rings is 4. The highest BCUT2D eigenvalue weighted by atomic mass is 16.7. The SMILES string of the molecule is C=CCOC(=O)Nc1ccc([C@@H]2O[C@H](CN(Cc3ccccc3)Cc3ccccc3)C[C@H](c3ccc(CO)cc3)O2)cc1. The average Bonchev–Trinajstić information content (AvgIpc) is 3.05. The second-order valence-electron chi connectivity index (χ2n) is 10.6. The number of anilines is 1. The van der Waals surface area contributed by atoms with Crippen LogP contribution in [0.4, 0.5) is 10.5 Å². The van der Waals surface area contributed by atoms with Gasteiger partial charge in [0.25, 0.3) is 0 Å². The van der Waals surface area contributed by atoms with Gasteiger partial charge in [0.15, 0.2) is 6.29 Å². The quantitative estimate of drug-likeness (QED) is 0.174. The molecule has 0 aliphatic carbocycles. The summed E-state index contributed by atoms with van der Waals surface area (Å²) in [5, 5.41) is 12.3. The standard InChI is InChI=1S/C36H38N2O5/c1-2-21-41-36(40)37-32-19-17-31(18-20-32)35-42-33(22-34(43-35)30-15-13-29(26-39)14-16-30)25-38(23-27-9-5-3-6-10-27)24-28-11-7-4-8-12-28/h2-20,33-35,39H,1,21-26H2,(H,37,40)/t33-,34+,35+/m0/s1. The summed E-state index contributed by atoms with van der Waals surface area (Å²) in [5.41, 5.74) is 5.84. The second-order valence-corrected chi connectivity index (χ2v) is 10.6. The molecule has 7 heteroatoms. The highest BCUT2D eigenvalue weighted by Gasteiger charge is 2.33. The van der Waals surface area contributed by atoms with Crippen molar-refractivity contribution in [1.29, 1.82) is 0 Å². The van der Waals surface area contributed by atoms with E-state index < -0.39 is 12.4 Å². The molecule has 0 saturated carbocycles. The van der Waals surface area contributed by atoms with Crippen LogP contribution >= 0.6 is 0 Å². The number of amides is 1. The molecule has 2 N–H and O–H groups in total. The van der Waals surface area contributed by atoms with Gasteiger partial charge in [0.05, 0.1) is 18.8 Å². The van der Waals surface area contributed by atoms with Crippen LogP contribution in [0.5, 0.6) is 0 Å². The van der Waals surface area contributed by atoms with Crippen molar-refractivity contribution in [2.45, 2.75) is 44.6 Å². The summed E-state index contributed by atoms with van der Waals surface area (Å²) in [6.45, 7) is 5.99. The van der Waals surface area contributed by atoms with Crippen molar-refractivity contribution in [3.05, 3.63) is 150 Å². The van der Waals surface area contributed by atoms with Gasteiger partial charge in [-0.3, -0.25) is 10.2 Å². The number of carbonyl (C=O) groups excluding carboxylic acids is 1.